The van der Waals surface area contributed by atoms with Crippen LogP contribution in [0, 0.1) is 0 Å². The van der Waals surface area contributed by atoms with Crippen LogP contribution in [0.4, 0.5) is 39.5 Å². The van der Waals surface area contributed by atoms with Gasteiger partial charge in [-0.3, -0.25) is 0 Å². The normalized spacial score (nSPS) is 15.3. The summed E-state index contributed by atoms with van der Waals surface area (Å²) in [5, 5.41) is 0. The summed E-state index contributed by atoms with van der Waals surface area (Å²) in [6.45, 7) is -0.767. The second-order valence-corrected chi connectivity index (χ2v) is 3.90. The average Bonchev–Trinajstić information content (AvgIpc) is 2.12. The van der Waals surface area contributed by atoms with Gasteiger partial charge in [0.05, 0.1) is 0 Å². The average molecular weight is 291 g/mol. The number of alkyl halides is 9. The van der Waals surface area contributed by atoms with E-state index < -0.39 is 36.9 Å². The van der Waals surface area contributed by atoms with Crippen LogP contribution < -0.4 is 0 Å². The molecule has 0 saturated heterocycles. The maximum absolute atomic E-state index is 12.8. The third-order valence-electron chi connectivity index (χ3n) is 2.08. The van der Waals surface area contributed by atoms with Gasteiger partial charge >= 0.3 is 23.9 Å². The first-order valence-corrected chi connectivity index (χ1v) is 4.52. The van der Waals surface area contributed by atoms with Crippen LogP contribution in [-0.2, 0) is 0 Å². The van der Waals surface area contributed by atoms with Gasteiger partial charge in [-0.25, -0.2) is 0 Å². The Morgan fingerprint density at radius 3 is 1.39 bits per heavy atom. The Morgan fingerprint density at radius 1 is 0.722 bits per heavy atom. The lowest BCUT2D eigenvalue weighted by Gasteiger charge is -2.34. The van der Waals surface area contributed by atoms with Crippen LogP contribution in [-0.4, -0.2) is 49.5 Å². The number of hydrogen-bond donors (Lipinski definition) is 0. The fourth-order valence-corrected chi connectivity index (χ4v) is 0.929. The van der Waals surface area contributed by atoms with Gasteiger partial charge in [0.1, 0.15) is 0 Å². The number of rotatable bonds is 5. The summed E-state index contributed by atoms with van der Waals surface area (Å²) in [6, 6.07) is 0. The van der Waals surface area contributed by atoms with E-state index in [4.69, 9.17) is 0 Å². The third-order valence-corrected chi connectivity index (χ3v) is 2.08. The molecule has 0 saturated carbocycles. The van der Waals surface area contributed by atoms with E-state index in [9.17, 15) is 39.5 Å². The van der Waals surface area contributed by atoms with E-state index in [1.165, 1.54) is 14.1 Å². The quantitative estimate of drug-likeness (QED) is 0.702. The van der Waals surface area contributed by atoms with Crippen molar-refractivity contribution in [3.05, 3.63) is 0 Å². The van der Waals surface area contributed by atoms with Crippen LogP contribution >= 0.6 is 0 Å². The Labute approximate surface area is 96.5 Å². The molecule has 110 valence electrons. The van der Waals surface area contributed by atoms with Gasteiger partial charge in [0.2, 0.25) is 0 Å². The molecule has 0 atom stereocenters. The number of nitrogens with zero attached hydrogens (tertiary/aromatic N) is 1. The van der Waals surface area contributed by atoms with Gasteiger partial charge in [0.25, 0.3) is 0 Å². The van der Waals surface area contributed by atoms with Crippen molar-refractivity contribution >= 4 is 0 Å². The molecular formula is C8H10F9N. The Bertz CT molecular complexity index is 281. The smallest absolute Gasteiger partial charge is 0.309 e. The van der Waals surface area contributed by atoms with Crippen molar-refractivity contribution in [2.45, 2.75) is 30.4 Å². The Morgan fingerprint density at radius 2 is 1.11 bits per heavy atom. The van der Waals surface area contributed by atoms with Crippen molar-refractivity contribution in [2.75, 3.05) is 20.6 Å². The molecule has 0 fully saturated rings. The summed E-state index contributed by atoms with van der Waals surface area (Å²) >= 11 is 0. The fraction of sp³-hybridized carbons (Fsp3) is 1.00. The van der Waals surface area contributed by atoms with Gasteiger partial charge in [-0.1, -0.05) is 0 Å². The summed E-state index contributed by atoms with van der Waals surface area (Å²) in [6.07, 6.45) is -8.57. The highest BCUT2D eigenvalue weighted by Gasteiger charge is 2.81. The highest BCUT2D eigenvalue weighted by atomic mass is 19.4. The minimum atomic E-state index is -6.80. The lowest BCUT2D eigenvalue weighted by molar-refractivity contribution is -0.396. The summed E-state index contributed by atoms with van der Waals surface area (Å²) in [5.74, 6) is -18.8. The first-order chi connectivity index (χ1) is 7.67. The van der Waals surface area contributed by atoms with Crippen molar-refractivity contribution in [2.24, 2.45) is 0 Å². The summed E-state index contributed by atoms with van der Waals surface area (Å²) in [5.41, 5.74) is 0. The van der Waals surface area contributed by atoms with E-state index in [1.807, 2.05) is 0 Å². The highest BCUT2D eigenvalue weighted by Crippen LogP contribution is 2.53. The minimum absolute atomic E-state index is 0.767. The lowest BCUT2D eigenvalue weighted by atomic mass is 10.0. The molecule has 0 N–H and O–H groups in total. The van der Waals surface area contributed by atoms with Crippen LogP contribution in [0.1, 0.15) is 6.42 Å². The molecule has 18 heavy (non-hydrogen) atoms. The zero-order valence-electron chi connectivity index (χ0n) is 9.26. The van der Waals surface area contributed by atoms with Crippen LogP contribution in [0.25, 0.3) is 0 Å². The summed E-state index contributed by atoms with van der Waals surface area (Å²) in [7, 11) is 2.35. The molecule has 0 bridgehead atoms. The Kier molecular flexibility index (Phi) is 4.60. The van der Waals surface area contributed by atoms with Crippen molar-refractivity contribution in [1.82, 2.24) is 4.90 Å². The maximum Gasteiger partial charge on any atom is 0.460 e. The molecule has 0 aliphatic heterocycles. The van der Waals surface area contributed by atoms with Crippen molar-refractivity contribution in [3.63, 3.8) is 0 Å². The van der Waals surface area contributed by atoms with Gasteiger partial charge in [-0.05, 0) is 14.1 Å². The van der Waals surface area contributed by atoms with Crippen molar-refractivity contribution in [1.29, 1.82) is 0 Å². The second-order valence-electron chi connectivity index (χ2n) is 3.90. The van der Waals surface area contributed by atoms with E-state index in [2.05, 4.69) is 0 Å². The zero-order chi connectivity index (χ0) is 15.0. The van der Waals surface area contributed by atoms with E-state index >= 15 is 0 Å². The lowest BCUT2D eigenvalue weighted by Crippen LogP contribution is -2.61. The van der Waals surface area contributed by atoms with Gasteiger partial charge < -0.3 is 4.90 Å². The second kappa shape index (κ2) is 4.78. The Hall–Kier alpha value is -0.670. The molecule has 0 heterocycles. The first kappa shape index (κ1) is 17.3. The third kappa shape index (κ3) is 3.01. The van der Waals surface area contributed by atoms with Gasteiger partial charge in [0, 0.05) is 13.0 Å². The predicted octanol–water partition coefficient (Wildman–Crippen LogP) is 3.41. The van der Waals surface area contributed by atoms with Gasteiger partial charge in [-0.2, -0.15) is 39.5 Å². The molecule has 0 spiro atoms. The molecule has 0 aliphatic carbocycles. The molecule has 0 aromatic heterocycles. The molecule has 0 radical (unpaired) electrons. The molecule has 0 rings (SSSR count). The SMILES string of the molecule is CN(C)CCC(F)(F)C(F)(F)C(F)(F)C(F)(F)F. The van der Waals surface area contributed by atoms with E-state index in [0.29, 0.717) is 0 Å². The monoisotopic (exact) mass is 291 g/mol. The molecule has 1 nitrogen and oxygen atoms in total. The van der Waals surface area contributed by atoms with E-state index in [-0.39, 0.29) is 0 Å². The van der Waals surface area contributed by atoms with E-state index in [1.54, 1.807) is 0 Å². The predicted molar refractivity (Wildman–Crippen MR) is 44.1 cm³/mol. The molecule has 10 heteroatoms. The van der Waals surface area contributed by atoms with Gasteiger partial charge in [-0.15, -0.1) is 0 Å². The molecule has 0 unspecified atom stereocenters. The standard InChI is InChI=1S/C8H10F9N/c1-18(2)4-3-5(9,10)6(11,12)7(13,14)8(15,16)17/h3-4H2,1-2H3. The molecular weight excluding hydrogens is 281 g/mol. The molecule has 0 amide bonds. The maximum atomic E-state index is 12.8. The highest BCUT2D eigenvalue weighted by molar-refractivity contribution is 5.00. The first-order valence-electron chi connectivity index (χ1n) is 4.52. The summed E-state index contributed by atoms with van der Waals surface area (Å²) < 4.78 is 111. The molecule has 0 aromatic rings. The van der Waals surface area contributed by atoms with Crippen LogP contribution in [0.2, 0.25) is 0 Å². The zero-order valence-corrected chi connectivity index (χ0v) is 9.26. The van der Waals surface area contributed by atoms with Crippen molar-refractivity contribution in [3.8, 4) is 0 Å². The summed E-state index contributed by atoms with van der Waals surface area (Å²) in [4.78, 5) is 0.954. The number of hydrogen-bond acceptors (Lipinski definition) is 1. The minimum Gasteiger partial charge on any atom is -0.309 e. The van der Waals surface area contributed by atoms with E-state index in [0.717, 1.165) is 4.90 Å². The van der Waals surface area contributed by atoms with Crippen LogP contribution in [0.15, 0.2) is 0 Å². The molecule has 0 aromatic carbocycles. The number of halogens is 9. The van der Waals surface area contributed by atoms with Crippen molar-refractivity contribution < 1.29 is 39.5 Å². The fourth-order valence-electron chi connectivity index (χ4n) is 0.929. The Balaban J connectivity index is 5.23. The largest absolute Gasteiger partial charge is 0.460 e. The topological polar surface area (TPSA) is 3.24 Å². The van der Waals surface area contributed by atoms with Gasteiger partial charge in [0.15, 0.2) is 0 Å². The molecule has 0 aliphatic rings. The van der Waals surface area contributed by atoms with Crippen LogP contribution in [0.5, 0.6) is 0 Å². The van der Waals surface area contributed by atoms with Crippen LogP contribution in [0.3, 0.4) is 0 Å².